The molecule has 1 N–H and O–H groups in total. The highest BCUT2D eigenvalue weighted by molar-refractivity contribution is 9.10. The minimum atomic E-state index is 0.593. The minimum absolute atomic E-state index is 0.593. The van der Waals surface area contributed by atoms with Gasteiger partial charge in [0.1, 0.15) is 0 Å². The Labute approximate surface area is 110 Å². The molecular formula is C13H15BrN2O. The molecule has 0 radical (unpaired) electrons. The number of nitrogens with one attached hydrogen (secondary N) is 1. The molecule has 0 fully saturated rings. The average Bonchev–Trinajstić information content (AvgIpc) is 2.30. The lowest BCUT2D eigenvalue weighted by atomic mass is 10.2. The molecule has 0 aliphatic rings. The first-order valence-corrected chi connectivity index (χ1v) is 6.08. The molecule has 0 aliphatic heterocycles. The van der Waals surface area contributed by atoms with Gasteiger partial charge >= 0.3 is 0 Å². The maximum Gasteiger partial charge on any atom is 0.0992 e. The van der Waals surface area contributed by atoms with Gasteiger partial charge in [0.2, 0.25) is 0 Å². The normalized spacial score (nSPS) is 9.71. The molecule has 1 aromatic carbocycles. The van der Waals surface area contributed by atoms with Crippen LogP contribution in [-0.4, -0.2) is 19.8 Å². The van der Waals surface area contributed by atoms with Crippen LogP contribution in [0.15, 0.2) is 34.8 Å². The highest BCUT2D eigenvalue weighted by Gasteiger charge is 2.00. The molecule has 0 saturated heterocycles. The molecule has 17 heavy (non-hydrogen) atoms. The van der Waals surface area contributed by atoms with Crippen LogP contribution in [-0.2, 0) is 4.74 Å². The minimum Gasteiger partial charge on any atom is -0.382 e. The van der Waals surface area contributed by atoms with Gasteiger partial charge in [0.15, 0.2) is 0 Å². The Morgan fingerprint density at radius 1 is 1.59 bits per heavy atom. The third-order valence-corrected chi connectivity index (χ3v) is 2.66. The molecule has 90 valence electrons. The van der Waals surface area contributed by atoms with Gasteiger partial charge in [-0.05, 0) is 41.1 Å². The van der Waals surface area contributed by atoms with Crippen LogP contribution in [0.3, 0.4) is 0 Å². The number of halogens is 1. The zero-order chi connectivity index (χ0) is 12.7. The fraction of sp³-hybridized carbons (Fsp3) is 0.308. The second-order valence-electron chi connectivity index (χ2n) is 3.74. The van der Waals surface area contributed by atoms with Crippen LogP contribution in [0.25, 0.3) is 0 Å². The number of hydrogen-bond acceptors (Lipinski definition) is 3. The molecule has 4 heteroatoms. The van der Waals surface area contributed by atoms with E-state index in [0.29, 0.717) is 18.8 Å². The van der Waals surface area contributed by atoms with Crippen molar-refractivity contribution in [2.75, 3.05) is 25.1 Å². The largest absolute Gasteiger partial charge is 0.382 e. The van der Waals surface area contributed by atoms with E-state index in [4.69, 9.17) is 10.00 Å². The lowest BCUT2D eigenvalue weighted by Crippen LogP contribution is -2.10. The Morgan fingerprint density at radius 3 is 2.94 bits per heavy atom. The summed E-state index contributed by atoms with van der Waals surface area (Å²) in [5.41, 5.74) is 2.62. The van der Waals surface area contributed by atoms with Gasteiger partial charge in [0.25, 0.3) is 0 Å². The lowest BCUT2D eigenvalue weighted by molar-refractivity contribution is 0.167. The van der Waals surface area contributed by atoms with Crippen molar-refractivity contribution < 1.29 is 4.74 Å². The maximum atomic E-state index is 8.73. The van der Waals surface area contributed by atoms with Gasteiger partial charge in [-0.25, -0.2) is 0 Å². The van der Waals surface area contributed by atoms with Crippen LogP contribution in [0.4, 0.5) is 5.69 Å². The number of nitrogens with zero attached hydrogens (tertiary/aromatic N) is 1. The first-order chi connectivity index (χ1) is 8.13. The van der Waals surface area contributed by atoms with Crippen molar-refractivity contribution in [2.24, 2.45) is 0 Å². The molecule has 0 unspecified atom stereocenters. The van der Waals surface area contributed by atoms with Gasteiger partial charge in [-0.1, -0.05) is 12.2 Å². The van der Waals surface area contributed by atoms with Gasteiger partial charge in [0.05, 0.1) is 24.8 Å². The summed E-state index contributed by atoms with van der Waals surface area (Å²) in [6.07, 6.45) is 0. The third-order valence-electron chi connectivity index (χ3n) is 2.01. The molecule has 0 amide bonds. The monoisotopic (exact) mass is 294 g/mol. The van der Waals surface area contributed by atoms with Crippen LogP contribution in [0.5, 0.6) is 0 Å². The number of ether oxygens (including phenoxy) is 1. The Balaban J connectivity index is 2.37. The van der Waals surface area contributed by atoms with Crippen molar-refractivity contribution in [2.45, 2.75) is 6.92 Å². The lowest BCUT2D eigenvalue weighted by Gasteiger charge is -2.09. The summed E-state index contributed by atoms with van der Waals surface area (Å²) in [6, 6.07) is 7.54. The molecule has 0 heterocycles. The van der Waals surface area contributed by atoms with E-state index in [2.05, 4.69) is 33.9 Å². The van der Waals surface area contributed by atoms with E-state index in [1.165, 1.54) is 0 Å². The second-order valence-corrected chi connectivity index (χ2v) is 4.60. The van der Waals surface area contributed by atoms with Crippen LogP contribution in [0.1, 0.15) is 12.5 Å². The summed E-state index contributed by atoms with van der Waals surface area (Å²) in [6.45, 7) is 7.63. The molecule has 0 atom stereocenters. The van der Waals surface area contributed by atoms with Crippen molar-refractivity contribution in [3.05, 3.63) is 40.4 Å². The Morgan fingerprint density at radius 2 is 2.35 bits per heavy atom. The SMILES string of the molecule is C=C(C)COCCNc1ccc(C#N)cc1Br. The van der Waals surface area contributed by atoms with E-state index in [1.54, 1.807) is 12.1 Å². The fourth-order valence-corrected chi connectivity index (χ4v) is 1.75. The van der Waals surface area contributed by atoms with Crippen LogP contribution in [0, 0.1) is 11.3 Å². The highest BCUT2D eigenvalue weighted by Crippen LogP contribution is 2.22. The van der Waals surface area contributed by atoms with Gasteiger partial charge in [0, 0.05) is 16.7 Å². The zero-order valence-corrected chi connectivity index (χ0v) is 11.4. The standard InChI is InChI=1S/C13H15BrN2O/c1-10(2)9-17-6-5-16-13-4-3-11(8-15)7-12(13)14/h3-4,7,16H,1,5-6,9H2,2H3. The second kappa shape index (κ2) is 7.10. The smallest absolute Gasteiger partial charge is 0.0992 e. The van der Waals surface area contributed by atoms with E-state index in [-0.39, 0.29) is 0 Å². The van der Waals surface area contributed by atoms with Crippen molar-refractivity contribution in [1.82, 2.24) is 0 Å². The summed E-state index contributed by atoms with van der Waals surface area (Å²) >= 11 is 3.41. The average molecular weight is 295 g/mol. The molecule has 1 aromatic rings. The van der Waals surface area contributed by atoms with E-state index in [9.17, 15) is 0 Å². The van der Waals surface area contributed by atoms with Crippen molar-refractivity contribution in [3.8, 4) is 6.07 Å². The molecule has 0 aromatic heterocycles. The van der Waals surface area contributed by atoms with Gasteiger partial charge in [-0.3, -0.25) is 0 Å². The van der Waals surface area contributed by atoms with Crippen LogP contribution < -0.4 is 5.32 Å². The molecule has 3 nitrogen and oxygen atoms in total. The first-order valence-electron chi connectivity index (χ1n) is 5.29. The van der Waals surface area contributed by atoms with E-state index >= 15 is 0 Å². The van der Waals surface area contributed by atoms with Crippen LogP contribution in [0.2, 0.25) is 0 Å². The van der Waals surface area contributed by atoms with Crippen molar-refractivity contribution in [1.29, 1.82) is 5.26 Å². The number of nitriles is 1. The molecule has 0 bridgehead atoms. The predicted molar refractivity (Wildman–Crippen MR) is 73.0 cm³/mol. The Hall–Kier alpha value is -1.31. The molecular weight excluding hydrogens is 280 g/mol. The van der Waals surface area contributed by atoms with E-state index in [1.807, 2.05) is 13.0 Å². The van der Waals surface area contributed by atoms with Crippen LogP contribution >= 0.6 is 15.9 Å². The number of benzene rings is 1. The predicted octanol–water partition coefficient (Wildman–Crippen LogP) is 3.33. The quantitative estimate of drug-likeness (QED) is 0.647. The Kier molecular flexibility index (Phi) is 5.75. The molecule has 1 rings (SSSR count). The van der Waals surface area contributed by atoms with Gasteiger partial charge < -0.3 is 10.1 Å². The zero-order valence-electron chi connectivity index (χ0n) is 9.79. The van der Waals surface area contributed by atoms with E-state index < -0.39 is 0 Å². The summed E-state index contributed by atoms with van der Waals surface area (Å²) in [7, 11) is 0. The van der Waals surface area contributed by atoms with Gasteiger partial charge in [-0.15, -0.1) is 0 Å². The van der Waals surface area contributed by atoms with E-state index in [0.717, 1.165) is 22.3 Å². The van der Waals surface area contributed by atoms with Gasteiger partial charge in [-0.2, -0.15) is 5.26 Å². The highest BCUT2D eigenvalue weighted by atomic mass is 79.9. The van der Waals surface area contributed by atoms with Crippen molar-refractivity contribution in [3.63, 3.8) is 0 Å². The summed E-state index contributed by atoms with van der Waals surface area (Å²) in [5.74, 6) is 0. The number of hydrogen-bond donors (Lipinski definition) is 1. The third kappa shape index (κ3) is 5.03. The van der Waals surface area contributed by atoms with Crippen molar-refractivity contribution >= 4 is 21.6 Å². The molecule has 0 aliphatic carbocycles. The fourth-order valence-electron chi connectivity index (χ4n) is 1.23. The summed E-state index contributed by atoms with van der Waals surface area (Å²) in [5, 5.41) is 12.0. The maximum absolute atomic E-state index is 8.73. The number of rotatable bonds is 6. The summed E-state index contributed by atoms with van der Waals surface area (Å²) in [4.78, 5) is 0. The summed E-state index contributed by atoms with van der Waals surface area (Å²) < 4.78 is 6.26. The Bertz CT molecular complexity index is 438. The number of anilines is 1. The first kappa shape index (κ1) is 13.8. The molecule has 0 spiro atoms. The molecule has 0 saturated carbocycles. The topological polar surface area (TPSA) is 45.0 Å².